The van der Waals surface area contributed by atoms with Gasteiger partial charge in [0.25, 0.3) is 5.91 Å². The van der Waals surface area contributed by atoms with Crippen LogP contribution in [0.3, 0.4) is 0 Å². The van der Waals surface area contributed by atoms with Crippen LogP contribution in [0.15, 0.2) is 36.8 Å². The van der Waals surface area contributed by atoms with Crippen LogP contribution in [0.25, 0.3) is 0 Å². The van der Waals surface area contributed by atoms with Crippen molar-refractivity contribution in [3.8, 4) is 5.75 Å². The van der Waals surface area contributed by atoms with Crippen molar-refractivity contribution in [1.29, 1.82) is 0 Å². The van der Waals surface area contributed by atoms with Crippen LogP contribution in [0.5, 0.6) is 5.75 Å². The fourth-order valence-corrected chi connectivity index (χ4v) is 3.33. The standard InChI is InChI=1S/C21H26FN3O4/c22-16-5-6-20-15(12-16)4-2-1-3-10-25(11-7-18(26)19(27)14-29-20)21(28)17-13-23-8-9-24-17/h5-6,8-9,12-13,18-19,26-27H,1-4,7,10-11,14H2/t18-,19+/m0/s1. The van der Waals surface area contributed by atoms with E-state index in [-0.39, 0.29) is 37.0 Å². The molecule has 2 atom stereocenters. The highest BCUT2D eigenvalue weighted by Crippen LogP contribution is 2.23. The summed E-state index contributed by atoms with van der Waals surface area (Å²) in [6.45, 7) is 0.679. The van der Waals surface area contributed by atoms with Crippen LogP contribution in [-0.2, 0) is 6.42 Å². The van der Waals surface area contributed by atoms with Gasteiger partial charge in [0.05, 0.1) is 12.3 Å². The molecule has 0 bridgehead atoms. The lowest BCUT2D eigenvalue weighted by molar-refractivity contribution is -0.0153. The number of ether oxygens (including phenoxy) is 1. The van der Waals surface area contributed by atoms with Crippen LogP contribution >= 0.6 is 0 Å². The van der Waals surface area contributed by atoms with Crippen molar-refractivity contribution in [3.63, 3.8) is 0 Å². The van der Waals surface area contributed by atoms with Gasteiger partial charge in [-0.1, -0.05) is 6.42 Å². The molecule has 0 fully saturated rings. The molecule has 0 saturated heterocycles. The molecule has 1 aromatic heterocycles. The number of aliphatic hydroxyl groups is 2. The minimum atomic E-state index is -1.12. The minimum Gasteiger partial charge on any atom is -0.491 e. The van der Waals surface area contributed by atoms with Gasteiger partial charge in [0.15, 0.2) is 0 Å². The third kappa shape index (κ3) is 5.95. The molecule has 2 heterocycles. The van der Waals surface area contributed by atoms with Crippen molar-refractivity contribution in [2.75, 3.05) is 19.7 Å². The lowest BCUT2D eigenvalue weighted by Crippen LogP contribution is -2.39. The normalized spacial score (nSPS) is 21.6. The predicted molar refractivity (Wildman–Crippen MR) is 104 cm³/mol. The number of aromatic nitrogens is 2. The zero-order valence-corrected chi connectivity index (χ0v) is 16.2. The number of nitrogens with zero attached hydrogens (tertiary/aromatic N) is 3. The van der Waals surface area contributed by atoms with Crippen LogP contribution in [0.1, 0.15) is 41.7 Å². The van der Waals surface area contributed by atoms with Crippen molar-refractivity contribution < 1.29 is 24.1 Å². The van der Waals surface area contributed by atoms with Crippen molar-refractivity contribution in [3.05, 3.63) is 53.9 Å². The van der Waals surface area contributed by atoms with Crippen molar-refractivity contribution >= 4 is 5.91 Å². The molecular formula is C21H26FN3O4. The highest BCUT2D eigenvalue weighted by Gasteiger charge is 2.22. The molecule has 2 aromatic rings. The molecular weight excluding hydrogens is 377 g/mol. The van der Waals surface area contributed by atoms with E-state index < -0.39 is 12.2 Å². The van der Waals surface area contributed by atoms with E-state index in [1.165, 1.54) is 30.7 Å². The van der Waals surface area contributed by atoms with E-state index in [2.05, 4.69) is 9.97 Å². The van der Waals surface area contributed by atoms with Gasteiger partial charge in [-0.25, -0.2) is 9.37 Å². The Bertz CT molecular complexity index is 806. The summed E-state index contributed by atoms with van der Waals surface area (Å²) in [5, 5.41) is 20.5. The number of amides is 1. The predicted octanol–water partition coefficient (Wildman–Crippen LogP) is 1.98. The topological polar surface area (TPSA) is 95.8 Å². The number of carbonyl (C=O) groups excluding carboxylic acids is 1. The molecule has 1 aromatic carbocycles. The zero-order valence-electron chi connectivity index (χ0n) is 16.2. The van der Waals surface area contributed by atoms with E-state index in [1.54, 1.807) is 11.0 Å². The smallest absolute Gasteiger partial charge is 0.274 e. The van der Waals surface area contributed by atoms with E-state index in [9.17, 15) is 19.4 Å². The Morgan fingerprint density at radius 3 is 2.79 bits per heavy atom. The number of rotatable bonds is 1. The molecule has 29 heavy (non-hydrogen) atoms. The second-order valence-electron chi connectivity index (χ2n) is 7.18. The zero-order chi connectivity index (χ0) is 20.6. The molecule has 8 heteroatoms. The Hall–Kier alpha value is -2.58. The summed E-state index contributed by atoms with van der Waals surface area (Å²) < 4.78 is 19.3. The number of aliphatic hydroxyl groups excluding tert-OH is 2. The fourth-order valence-electron chi connectivity index (χ4n) is 3.33. The number of hydrogen-bond acceptors (Lipinski definition) is 6. The maximum absolute atomic E-state index is 13.6. The number of carbonyl (C=O) groups is 1. The molecule has 0 saturated carbocycles. The van der Waals surface area contributed by atoms with Gasteiger partial charge in [0.2, 0.25) is 0 Å². The first-order chi connectivity index (χ1) is 14.0. The Kier molecular flexibility index (Phi) is 7.48. The summed E-state index contributed by atoms with van der Waals surface area (Å²) in [5.74, 6) is -0.0699. The number of halogens is 1. The lowest BCUT2D eigenvalue weighted by Gasteiger charge is -2.26. The largest absolute Gasteiger partial charge is 0.491 e. The van der Waals surface area contributed by atoms with Gasteiger partial charge in [-0.2, -0.15) is 0 Å². The molecule has 156 valence electrons. The monoisotopic (exact) mass is 403 g/mol. The maximum Gasteiger partial charge on any atom is 0.274 e. The van der Waals surface area contributed by atoms with Crippen molar-refractivity contribution in [2.45, 2.75) is 44.3 Å². The Morgan fingerprint density at radius 2 is 2.00 bits per heavy atom. The summed E-state index contributed by atoms with van der Waals surface area (Å²) in [5.41, 5.74) is 0.979. The van der Waals surface area contributed by atoms with Crippen LogP contribution in [0.4, 0.5) is 4.39 Å². The highest BCUT2D eigenvalue weighted by molar-refractivity contribution is 5.91. The van der Waals surface area contributed by atoms with E-state index in [1.807, 2.05) is 0 Å². The summed E-state index contributed by atoms with van der Waals surface area (Å²) in [4.78, 5) is 22.4. The van der Waals surface area contributed by atoms with Gasteiger partial charge in [-0.05, 0) is 49.4 Å². The summed E-state index contributed by atoms with van der Waals surface area (Å²) >= 11 is 0. The van der Waals surface area contributed by atoms with Gasteiger partial charge in [0, 0.05) is 25.5 Å². The molecule has 0 unspecified atom stereocenters. The van der Waals surface area contributed by atoms with Crippen LogP contribution < -0.4 is 4.74 Å². The Labute approximate surface area is 169 Å². The van der Waals surface area contributed by atoms with Crippen LogP contribution in [0.2, 0.25) is 0 Å². The minimum absolute atomic E-state index is 0.113. The van der Waals surface area contributed by atoms with E-state index >= 15 is 0 Å². The summed E-state index contributed by atoms with van der Waals surface area (Å²) in [6, 6.07) is 4.31. The number of hydrogen-bond donors (Lipinski definition) is 2. The van der Waals surface area contributed by atoms with Crippen molar-refractivity contribution in [2.24, 2.45) is 0 Å². The van der Waals surface area contributed by atoms with Crippen LogP contribution in [0, 0.1) is 5.82 Å². The average molecular weight is 403 g/mol. The summed E-state index contributed by atoms with van der Waals surface area (Å²) in [6.07, 6.45) is 5.46. The SMILES string of the molecule is O=C(c1cnccn1)N1CCCCCc2cc(F)ccc2OC[C@@H](O)[C@@H](O)CC1. The van der Waals surface area contributed by atoms with E-state index in [0.29, 0.717) is 18.7 Å². The van der Waals surface area contributed by atoms with E-state index in [4.69, 9.17) is 4.74 Å². The maximum atomic E-state index is 13.6. The van der Waals surface area contributed by atoms with Gasteiger partial charge in [0.1, 0.15) is 30.0 Å². The molecule has 1 aliphatic rings. The van der Waals surface area contributed by atoms with Gasteiger partial charge < -0.3 is 19.8 Å². The number of fused-ring (bicyclic) bond motifs is 1. The third-order valence-electron chi connectivity index (χ3n) is 5.01. The van der Waals surface area contributed by atoms with Gasteiger partial charge in [-0.3, -0.25) is 9.78 Å². The van der Waals surface area contributed by atoms with Gasteiger partial charge >= 0.3 is 0 Å². The third-order valence-corrected chi connectivity index (χ3v) is 5.01. The number of aryl methyl sites for hydroxylation is 1. The first-order valence-electron chi connectivity index (χ1n) is 9.87. The van der Waals surface area contributed by atoms with Crippen molar-refractivity contribution in [1.82, 2.24) is 14.9 Å². The Morgan fingerprint density at radius 1 is 1.14 bits per heavy atom. The first-order valence-corrected chi connectivity index (χ1v) is 9.87. The van der Waals surface area contributed by atoms with Crippen LogP contribution in [-0.4, -0.2) is 62.9 Å². The first kappa shape index (κ1) is 21.1. The molecule has 0 spiro atoms. The second-order valence-corrected chi connectivity index (χ2v) is 7.18. The molecule has 0 aliphatic carbocycles. The molecule has 2 N–H and O–H groups in total. The quantitative estimate of drug-likeness (QED) is 0.756. The lowest BCUT2D eigenvalue weighted by atomic mass is 10.0. The molecule has 1 aliphatic heterocycles. The summed E-state index contributed by atoms with van der Waals surface area (Å²) in [7, 11) is 0. The highest BCUT2D eigenvalue weighted by atomic mass is 19.1. The molecule has 0 radical (unpaired) electrons. The molecule has 7 nitrogen and oxygen atoms in total. The molecule has 1 amide bonds. The second kappa shape index (κ2) is 10.3. The Balaban J connectivity index is 1.72. The molecule has 3 rings (SSSR count). The van der Waals surface area contributed by atoms with E-state index in [0.717, 1.165) is 24.8 Å². The average Bonchev–Trinajstić information content (AvgIpc) is 2.74. The number of benzene rings is 1. The van der Waals surface area contributed by atoms with Gasteiger partial charge in [-0.15, -0.1) is 0 Å². The fraction of sp³-hybridized carbons (Fsp3) is 0.476.